The molecule has 3 N–H and O–H groups in total. The maximum absolute atomic E-state index is 12.4. The van der Waals surface area contributed by atoms with Crippen LogP contribution in [0.25, 0.3) is 0 Å². The van der Waals surface area contributed by atoms with E-state index in [1.54, 1.807) is 0 Å². The lowest BCUT2D eigenvalue weighted by Gasteiger charge is -2.29. The van der Waals surface area contributed by atoms with Crippen LogP contribution in [0.4, 0.5) is 17.1 Å². The number of nitrogens with one attached hydrogen (secondary N) is 3. The quantitative estimate of drug-likeness (QED) is 0.795. The Morgan fingerprint density at radius 1 is 1.08 bits per heavy atom. The molecule has 5 nitrogen and oxygen atoms in total. The number of morpholine rings is 1. The monoisotopic (exact) mass is 347 g/mol. The van der Waals surface area contributed by atoms with Gasteiger partial charge in [0.15, 0.2) is 0 Å². The first-order valence-electron chi connectivity index (χ1n) is 7.80. The van der Waals surface area contributed by atoms with E-state index >= 15 is 0 Å². The van der Waals surface area contributed by atoms with Crippen LogP contribution < -0.4 is 16.0 Å². The Labute approximate surface area is 148 Å². The van der Waals surface area contributed by atoms with Crippen molar-refractivity contribution in [1.29, 1.82) is 0 Å². The van der Waals surface area contributed by atoms with E-state index in [0.717, 1.165) is 17.1 Å². The van der Waals surface area contributed by atoms with Crippen molar-refractivity contribution in [3.63, 3.8) is 0 Å². The van der Waals surface area contributed by atoms with Gasteiger partial charge in [-0.15, -0.1) is 12.4 Å². The molecule has 2 atom stereocenters. The first-order chi connectivity index (χ1) is 11.2. The van der Waals surface area contributed by atoms with Gasteiger partial charge in [-0.25, -0.2) is 0 Å². The molecular formula is C18H22ClN3O2. The minimum Gasteiger partial charge on any atom is -0.375 e. The molecular weight excluding hydrogens is 326 g/mol. The van der Waals surface area contributed by atoms with E-state index in [2.05, 4.69) is 16.0 Å². The number of para-hydroxylation sites is 1. The van der Waals surface area contributed by atoms with Crippen molar-refractivity contribution in [2.75, 3.05) is 23.8 Å². The third-order valence-corrected chi connectivity index (χ3v) is 3.79. The van der Waals surface area contributed by atoms with Gasteiger partial charge in [0, 0.05) is 23.6 Å². The number of hydrogen-bond donors (Lipinski definition) is 3. The fourth-order valence-corrected chi connectivity index (χ4v) is 2.61. The van der Waals surface area contributed by atoms with Crippen molar-refractivity contribution in [2.24, 2.45) is 0 Å². The number of benzene rings is 2. The zero-order valence-corrected chi connectivity index (χ0v) is 14.3. The molecule has 2 aromatic carbocycles. The maximum Gasteiger partial charge on any atom is 0.244 e. The number of ether oxygens (including phenoxy) is 1. The lowest BCUT2D eigenvalue weighted by Crippen LogP contribution is -2.53. The molecule has 0 saturated carbocycles. The number of carbonyl (C=O) groups excluding carboxylic acids is 1. The van der Waals surface area contributed by atoms with Crippen LogP contribution in [-0.4, -0.2) is 31.2 Å². The molecule has 1 fully saturated rings. The van der Waals surface area contributed by atoms with E-state index in [4.69, 9.17) is 4.74 Å². The minimum atomic E-state index is -0.325. The van der Waals surface area contributed by atoms with Crippen LogP contribution in [0.5, 0.6) is 0 Å². The Morgan fingerprint density at radius 2 is 1.79 bits per heavy atom. The van der Waals surface area contributed by atoms with Gasteiger partial charge in [-0.1, -0.05) is 24.3 Å². The molecule has 0 aromatic heterocycles. The average molecular weight is 348 g/mol. The smallest absolute Gasteiger partial charge is 0.244 e. The first-order valence-corrected chi connectivity index (χ1v) is 7.80. The molecule has 0 spiro atoms. The fraction of sp³-hybridized carbons (Fsp3) is 0.278. The Morgan fingerprint density at radius 3 is 2.54 bits per heavy atom. The molecule has 1 amide bonds. The second-order valence-corrected chi connectivity index (χ2v) is 5.57. The van der Waals surface area contributed by atoms with Crippen LogP contribution in [0, 0.1) is 0 Å². The van der Waals surface area contributed by atoms with E-state index in [1.807, 2.05) is 61.5 Å². The Bertz CT molecular complexity index is 666. The number of amides is 1. The summed E-state index contributed by atoms with van der Waals surface area (Å²) in [6.45, 7) is 3.24. The molecule has 1 aliphatic rings. The van der Waals surface area contributed by atoms with Crippen molar-refractivity contribution in [2.45, 2.75) is 19.1 Å². The minimum absolute atomic E-state index is 0. The Balaban J connectivity index is 0.00000208. The largest absolute Gasteiger partial charge is 0.375 e. The second-order valence-electron chi connectivity index (χ2n) is 5.57. The van der Waals surface area contributed by atoms with Gasteiger partial charge in [0.1, 0.15) is 6.04 Å². The summed E-state index contributed by atoms with van der Waals surface area (Å²) in [5.74, 6) is -0.0749. The Kier molecular flexibility index (Phi) is 6.61. The molecule has 0 bridgehead atoms. The van der Waals surface area contributed by atoms with Gasteiger partial charge < -0.3 is 20.7 Å². The van der Waals surface area contributed by atoms with Crippen LogP contribution in [0.1, 0.15) is 6.92 Å². The topological polar surface area (TPSA) is 62.4 Å². The zero-order valence-electron chi connectivity index (χ0n) is 13.5. The Hall–Kier alpha value is -2.08. The highest BCUT2D eigenvalue weighted by Crippen LogP contribution is 2.20. The van der Waals surface area contributed by atoms with Gasteiger partial charge in [-0.2, -0.15) is 0 Å². The van der Waals surface area contributed by atoms with Crippen molar-refractivity contribution in [3.05, 3.63) is 54.6 Å². The first kappa shape index (κ1) is 18.3. The molecule has 1 aliphatic heterocycles. The maximum atomic E-state index is 12.4. The molecule has 1 saturated heterocycles. The number of rotatable bonds is 4. The van der Waals surface area contributed by atoms with E-state index < -0.39 is 0 Å². The zero-order chi connectivity index (χ0) is 16.1. The van der Waals surface area contributed by atoms with Gasteiger partial charge >= 0.3 is 0 Å². The molecule has 0 aliphatic carbocycles. The average Bonchev–Trinajstić information content (AvgIpc) is 2.56. The summed E-state index contributed by atoms with van der Waals surface area (Å²) in [7, 11) is 0. The van der Waals surface area contributed by atoms with Crippen LogP contribution in [0.15, 0.2) is 54.6 Å². The molecule has 0 radical (unpaired) electrons. The van der Waals surface area contributed by atoms with Crippen molar-refractivity contribution in [1.82, 2.24) is 5.32 Å². The van der Waals surface area contributed by atoms with Crippen LogP contribution in [0.3, 0.4) is 0 Å². The molecule has 24 heavy (non-hydrogen) atoms. The molecule has 6 heteroatoms. The summed E-state index contributed by atoms with van der Waals surface area (Å²) in [4.78, 5) is 12.4. The highest BCUT2D eigenvalue weighted by Gasteiger charge is 2.28. The standard InChI is InChI=1S/C18H21N3O2.ClH/c1-13-17(19-10-11-23-13)18(22)21-16-9-5-8-15(12-16)20-14-6-3-2-4-7-14;/h2-9,12-13,17,19-20H,10-11H2,1H3,(H,21,22);1H/t13-,17+;/m1./s1. The summed E-state index contributed by atoms with van der Waals surface area (Å²) < 4.78 is 5.52. The van der Waals surface area contributed by atoms with E-state index in [9.17, 15) is 4.79 Å². The van der Waals surface area contributed by atoms with Gasteiger partial charge in [0.2, 0.25) is 5.91 Å². The van der Waals surface area contributed by atoms with E-state index in [0.29, 0.717) is 13.2 Å². The molecule has 1 heterocycles. The summed E-state index contributed by atoms with van der Waals surface area (Å²) >= 11 is 0. The fourth-order valence-electron chi connectivity index (χ4n) is 2.61. The number of carbonyl (C=O) groups is 1. The summed E-state index contributed by atoms with van der Waals surface area (Å²) in [5.41, 5.74) is 2.69. The third-order valence-electron chi connectivity index (χ3n) is 3.79. The predicted molar refractivity (Wildman–Crippen MR) is 99.2 cm³/mol. The molecule has 3 rings (SSSR count). The lowest BCUT2D eigenvalue weighted by atomic mass is 10.1. The van der Waals surface area contributed by atoms with Gasteiger partial charge in [0.25, 0.3) is 0 Å². The second kappa shape index (κ2) is 8.68. The molecule has 2 aromatic rings. The van der Waals surface area contributed by atoms with E-state index in [-0.39, 0.29) is 30.5 Å². The highest BCUT2D eigenvalue weighted by molar-refractivity contribution is 5.95. The van der Waals surface area contributed by atoms with Crippen molar-refractivity contribution in [3.8, 4) is 0 Å². The van der Waals surface area contributed by atoms with Crippen LogP contribution in [0.2, 0.25) is 0 Å². The predicted octanol–water partition coefficient (Wildman–Crippen LogP) is 3.17. The number of anilines is 3. The summed E-state index contributed by atoms with van der Waals surface area (Å²) in [5, 5.41) is 9.45. The molecule has 128 valence electrons. The molecule has 0 unspecified atom stereocenters. The van der Waals surface area contributed by atoms with E-state index in [1.165, 1.54) is 0 Å². The van der Waals surface area contributed by atoms with Crippen molar-refractivity contribution < 1.29 is 9.53 Å². The summed E-state index contributed by atoms with van der Waals surface area (Å²) in [6, 6.07) is 17.3. The number of halogens is 1. The van der Waals surface area contributed by atoms with Gasteiger partial charge in [0.05, 0.1) is 12.7 Å². The van der Waals surface area contributed by atoms with Crippen LogP contribution in [-0.2, 0) is 9.53 Å². The third kappa shape index (κ3) is 4.71. The van der Waals surface area contributed by atoms with Crippen LogP contribution >= 0.6 is 12.4 Å². The highest BCUT2D eigenvalue weighted by atomic mass is 35.5. The van der Waals surface area contributed by atoms with Gasteiger partial charge in [-0.3, -0.25) is 4.79 Å². The van der Waals surface area contributed by atoms with Gasteiger partial charge in [-0.05, 0) is 37.3 Å². The lowest BCUT2D eigenvalue weighted by molar-refractivity contribution is -0.123. The normalized spacial score (nSPS) is 19.9. The SMILES string of the molecule is C[C@H]1OCCN[C@@H]1C(=O)Nc1cccc(Nc2ccccc2)c1.Cl. The number of hydrogen-bond acceptors (Lipinski definition) is 4. The summed E-state index contributed by atoms with van der Waals surface area (Å²) in [6.07, 6.45) is -0.130. The van der Waals surface area contributed by atoms with Crippen molar-refractivity contribution >= 4 is 35.4 Å².